The van der Waals surface area contributed by atoms with Gasteiger partial charge in [0.1, 0.15) is 0 Å². The fourth-order valence-corrected chi connectivity index (χ4v) is 0. The molecule has 1 unspecified atom stereocenters. The van der Waals surface area contributed by atoms with E-state index in [1.165, 1.54) is 0 Å². The molecule has 0 aromatic rings. The smallest absolute Gasteiger partial charge is 0.0698 e. The average Bonchev–Trinajstić information content (AvgIpc) is 1.31. The number of hydrogen-bond acceptors (Lipinski definition) is 2. The third kappa shape index (κ3) is 4.37. The molecule has 1 atom stereocenters. The third-order valence-electron chi connectivity index (χ3n) is 0.993. The molecule has 0 aromatic heterocycles. The lowest BCUT2D eigenvalue weighted by molar-refractivity contribution is 0.158. The second-order valence-electron chi connectivity index (χ2n) is 2.24. The van der Waals surface area contributed by atoms with Crippen molar-refractivity contribution in [2.45, 2.75) is 31.7 Å². The van der Waals surface area contributed by atoms with Crippen molar-refractivity contribution < 1.29 is 5.11 Å². The van der Waals surface area contributed by atoms with Crippen molar-refractivity contribution >= 4 is 11.6 Å². The minimum Gasteiger partial charge on any atom is -0.392 e. The monoisotopic (exact) mass is 139 g/mol. The normalized spacial score (nSPS) is 14.6. The summed E-state index contributed by atoms with van der Waals surface area (Å²) >= 11 is 5.62. The van der Waals surface area contributed by atoms with Gasteiger partial charge < -0.3 is 11.3 Å². The van der Waals surface area contributed by atoms with E-state index in [-0.39, 0.29) is 6.15 Å². The largest absolute Gasteiger partial charge is 0.392 e. The molecular formula is C5H14ClNO. The van der Waals surface area contributed by atoms with E-state index in [0.717, 1.165) is 0 Å². The predicted octanol–water partition coefficient (Wildman–Crippen LogP) is 1.55. The van der Waals surface area contributed by atoms with E-state index < -0.39 is 11.0 Å². The molecular weight excluding hydrogens is 126 g/mol. The molecule has 0 heterocycles. The first-order valence-electron chi connectivity index (χ1n) is 2.31. The highest BCUT2D eigenvalue weighted by Gasteiger charge is 2.19. The molecule has 0 radical (unpaired) electrons. The van der Waals surface area contributed by atoms with Crippen LogP contribution in [0.3, 0.4) is 0 Å². The summed E-state index contributed by atoms with van der Waals surface area (Å²) in [5, 5.41) is 8.76. The Hall–Kier alpha value is 0.210. The van der Waals surface area contributed by atoms with Gasteiger partial charge >= 0.3 is 0 Å². The summed E-state index contributed by atoms with van der Waals surface area (Å²) in [6, 6.07) is 0. The molecule has 4 N–H and O–H groups in total. The van der Waals surface area contributed by atoms with E-state index in [2.05, 4.69) is 0 Å². The van der Waals surface area contributed by atoms with Crippen LogP contribution in [-0.4, -0.2) is 16.1 Å². The zero-order valence-electron chi connectivity index (χ0n) is 5.61. The Morgan fingerprint density at radius 1 is 1.50 bits per heavy atom. The van der Waals surface area contributed by atoms with Gasteiger partial charge in [-0.25, -0.2) is 0 Å². The van der Waals surface area contributed by atoms with Crippen LogP contribution in [0.1, 0.15) is 20.8 Å². The zero-order valence-corrected chi connectivity index (χ0v) is 6.37. The molecule has 0 aliphatic carbocycles. The van der Waals surface area contributed by atoms with Gasteiger partial charge in [0.15, 0.2) is 0 Å². The zero-order chi connectivity index (χ0) is 6.08. The number of aliphatic hydroxyl groups excluding tert-OH is 1. The maximum absolute atomic E-state index is 8.76. The first-order chi connectivity index (χ1) is 2.94. The summed E-state index contributed by atoms with van der Waals surface area (Å²) in [7, 11) is 0. The van der Waals surface area contributed by atoms with Gasteiger partial charge in [0.25, 0.3) is 0 Å². The Bertz CT molecular complexity index is 57.9. The van der Waals surface area contributed by atoms with E-state index in [1.54, 1.807) is 20.8 Å². The van der Waals surface area contributed by atoms with Gasteiger partial charge in [-0.2, -0.15) is 0 Å². The van der Waals surface area contributed by atoms with Crippen molar-refractivity contribution in [2.24, 2.45) is 0 Å². The second-order valence-corrected chi connectivity index (χ2v) is 3.21. The van der Waals surface area contributed by atoms with Crippen LogP contribution in [0.4, 0.5) is 0 Å². The lowest BCUT2D eigenvalue weighted by atomic mass is 10.1. The van der Waals surface area contributed by atoms with Crippen molar-refractivity contribution in [2.75, 3.05) is 0 Å². The van der Waals surface area contributed by atoms with Gasteiger partial charge in [-0.3, -0.25) is 0 Å². The fourth-order valence-electron chi connectivity index (χ4n) is 0. The summed E-state index contributed by atoms with van der Waals surface area (Å²) in [5.74, 6) is 0. The number of rotatable bonds is 1. The Kier molecular flexibility index (Phi) is 4.53. The average molecular weight is 140 g/mol. The molecule has 0 aliphatic heterocycles. The van der Waals surface area contributed by atoms with Crippen LogP contribution >= 0.6 is 11.6 Å². The summed E-state index contributed by atoms with van der Waals surface area (Å²) < 4.78 is 0. The summed E-state index contributed by atoms with van der Waals surface area (Å²) in [4.78, 5) is -0.472. The lowest BCUT2D eigenvalue weighted by Crippen LogP contribution is -2.26. The minimum absolute atomic E-state index is 0. The molecule has 0 saturated carbocycles. The molecule has 0 aromatic carbocycles. The van der Waals surface area contributed by atoms with E-state index in [9.17, 15) is 0 Å². The fraction of sp³-hybridized carbons (Fsp3) is 1.00. The molecule has 8 heavy (non-hydrogen) atoms. The van der Waals surface area contributed by atoms with Crippen LogP contribution in [0.15, 0.2) is 0 Å². The Morgan fingerprint density at radius 2 is 1.62 bits per heavy atom. The lowest BCUT2D eigenvalue weighted by Gasteiger charge is -2.18. The van der Waals surface area contributed by atoms with Gasteiger partial charge in [-0.15, -0.1) is 11.6 Å². The van der Waals surface area contributed by atoms with Crippen LogP contribution in [0.25, 0.3) is 0 Å². The first kappa shape index (κ1) is 11.1. The maximum Gasteiger partial charge on any atom is 0.0698 e. The Balaban J connectivity index is 0. The standard InChI is InChI=1S/C5H11ClO.H3N/c1-4(7)5(2,3)6;/h4,7H,1-3H3;1H3. The number of alkyl halides is 1. The minimum atomic E-state index is -0.472. The topological polar surface area (TPSA) is 55.2 Å². The van der Waals surface area contributed by atoms with Crippen molar-refractivity contribution in [1.82, 2.24) is 6.15 Å². The molecule has 0 amide bonds. The van der Waals surface area contributed by atoms with Crippen LogP contribution in [0, 0.1) is 0 Å². The van der Waals surface area contributed by atoms with Crippen molar-refractivity contribution in [3.05, 3.63) is 0 Å². The Morgan fingerprint density at radius 3 is 1.62 bits per heavy atom. The summed E-state index contributed by atoms with van der Waals surface area (Å²) in [6.07, 6.45) is -0.436. The van der Waals surface area contributed by atoms with Crippen LogP contribution < -0.4 is 6.15 Å². The molecule has 0 spiro atoms. The van der Waals surface area contributed by atoms with E-state index in [4.69, 9.17) is 16.7 Å². The molecule has 3 heteroatoms. The van der Waals surface area contributed by atoms with E-state index >= 15 is 0 Å². The highest BCUT2D eigenvalue weighted by Crippen LogP contribution is 2.16. The van der Waals surface area contributed by atoms with Gasteiger partial charge in [-0.05, 0) is 20.8 Å². The Labute approximate surface area is 55.4 Å². The third-order valence-corrected chi connectivity index (χ3v) is 1.31. The van der Waals surface area contributed by atoms with Crippen LogP contribution in [0.2, 0.25) is 0 Å². The van der Waals surface area contributed by atoms with Gasteiger partial charge in [0.05, 0.1) is 11.0 Å². The van der Waals surface area contributed by atoms with Crippen molar-refractivity contribution in [1.29, 1.82) is 0 Å². The highest BCUT2D eigenvalue weighted by atomic mass is 35.5. The molecule has 0 saturated heterocycles. The highest BCUT2D eigenvalue weighted by molar-refractivity contribution is 6.23. The molecule has 0 aliphatic rings. The second kappa shape index (κ2) is 3.28. The molecule has 2 nitrogen and oxygen atoms in total. The summed E-state index contributed by atoms with van der Waals surface area (Å²) in [5.41, 5.74) is 0. The van der Waals surface area contributed by atoms with Crippen LogP contribution in [0.5, 0.6) is 0 Å². The predicted molar refractivity (Wildman–Crippen MR) is 36.6 cm³/mol. The first-order valence-corrected chi connectivity index (χ1v) is 2.69. The summed E-state index contributed by atoms with van der Waals surface area (Å²) in [6.45, 7) is 5.23. The number of aliphatic hydroxyl groups is 1. The molecule has 52 valence electrons. The number of hydrogen-bond donors (Lipinski definition) is 2. The SMILES string of the molecule is CC(O)C(C)(C)Cl.N. The molecule has 0 bridgehead atoms. The van der Waals surface area contributed by atoms with E-state index in [0.29, 0.717) is 0 Å². The van der Waals surface area contributed by atoms with Crippen molar-refractivity contribution in [3.8, 4) is 0 Å². The van der Waals surface area contributed by atoms with Crippen LogP contribution in [-0.2, 0) is 0 Å². The maximum atomic E-state index is 8.76. The van der Waals surface area contributed by atoms with E-state index in [1.807, 2.05) is 0 Å². The molecule has 0 fully saturated rings. The van der Waals surface area contributed by atoms with Gasteiger partial charge in [0, 0.05) is 0 Å². The quantitative estimate of drug-likeness (QED) is 0.542. The number of halogens is 1. The molecule has 0 rings (SSSR count). The van der Waals surface area contributed by atoms with Gasteiger partial charge in [-0.1, -0.05) is 0 Å². The van der Waals surface area contributed by atoms with Crippen molar-refractivity contribution in [3.63, 3.8) is 0 Å². The van der Waals surface area contributed by atoms with Gasteiger partial charge in [0.2, 0.25) is 0 Å².